The lowest BCUT2D eigenvalue weighted by atomic mass is 10.0. The van der Waals surface area contributed by atoms with Crippen molar-refractivity contribution in [1.82, 2.24) is 19.5 Å². The highest BCUT2D eigenvalue weighted by atomic mass is 19.1. The maximum absolute atomic E-state index is 15.6. The number of fused-ring (bicyclic) bond motifs is 1. The summed E-state index contributed by atoms with van der Waals surface area (Å²) in [5.74, 6) is -2.12. The summed E-state index contributed by atoms with van der Waals surface area (Å²) in [5, 5.41) is 18.3. The van der Waals surface area contributed by atoms with E-state index in [9.17, 15) is 14.4 Å². The van der Waals surface area contributed by atoms with Gasteiger partial charge in [-0.15, -0.1) is 0 Å². The van der Waals surface area contributed by atoms with Gasteiger partial charge in [0.15, 0.2) is 0 Å². The van der Waals surface area contributed by atoms with Crippen molar-refractivity contribution in [3.05, 3.63) is 106 Å². The van der Waals surface area contributed by atoms with Crippen molar-refractivity contribution in [2.24, 2.45) is 5.41 Å². The predicted molar refractivity (Wildman–Crippen MR) is 159 cm³/mol. The van der Waals surface area contributed by atoms with Gasteiger partial charge in [0.1, 0.15) is 29.9 Å². The van der Waals surface area contributed by atoms with Crippen LogP contribution < -0.4 is 4.74 Å². The van der Waals surface area contributed by atoms with Gasteiger partial charge in [-0.3, -0.25) is 0 Å². The van der Waals surface area contributed by atoms with Crippen LogP contribution in [-0.2, 0) is 24.3 Å². The van der Waals surface area contributed by atoms with Gasteiger partial charge in [0.2, 0.25) is 0 Å². The first kappa shape index (κ1) is 30.3. The van der Waals surface area contributed by atoms with E-state index in [4.69, 9.17) is 14.7 Å². The number of aromatic nitrogens is 4. The van der Waals surface area contributed by atoms with E-state index in [1.807, 2.05) is 10.6 Å². The van der Waals surface area contributed by atoms with Crippen molar-refractivity contribution in [2.45, 2.75) is 38.8 Å². The molecule has 0 aliphatic heterocycles. The van der Waals surface area contributed by atoms with E-state index in [2.05, 4.69) is 21.0 Å². The second-order valence-electron chi connectivity index (χ2n) is 11.2. The minimum Gasteiger partial charge on any atom is -0.465 e. The van der Waals surface area contributed by atoms with Gasteiger partial charge in [0, 0.05) is 42.1 Å². The molecule has 3 aromatic carbocycles. The zero-order valence-electron chi connectivity index (χ0n) is 24.6. The van der Waals surface area contributed by atoms with Crippen LogP contribution in [0.25, 0.3) is 22.3 Å². The van der Waals surface area contributed by atoms with Crippen molar-refractivity contribution >= 4 is 17.0 Å². The van der Waals surface area contributed by atoms with Crippen molar-refractivity contribution in [1.29, 1.82) is 10.5 Å². The fourth-order valence-electron chi connectivity index (χ4n) is 5.33. The van der Waals surface area contributed by atoms with Crippen LogP contribution in [0, 0.1) is 45.5 Å². The smallest absolute Gasteiger partial charge is 0.337 e. The number of hydrogen-bond donors (Lipinski definition) is 0. The second kappa shape index (κ2) is 12.3. The lowest BCUT2D eigenvalue weighted by Crippen LogP contribution is -2.15. The Bertz CT molecular complexity index is 2080. The minimum absolute atomic E-state index is 0.0534. The number of carbonyl (C=O) groups excluding carboxylic acids is 1. The lowest BCUT2D eigenvalue weighted by Gasteiger charge is -2.16. The summed E-state index contributed by atoms with van der Waals surface area (Å²) in [5.41, 5.74) is 1.60. The van der Waals surface area contributed by atoms with E-state index >= 15 is 8.78 Å². The summed E-state index contributed by atoms with van der Waals surface area (Å²) < 4.78 is 57.6. The number of nitriles is 2. The Balaban J connectivity index is 1.28. The molecule has 0 saturated heterocycles. The molecule has 230 valence electrons. The molecule has 9 nitrogen and oxygen atoms in total. The molecule has 2 heterocycles. The molecular formula is C34H25F3N6O3. The van der Waals surface area contributed by atoms with Crippen LogP contribution in [0.4, 0.5) is 13.2 Å². The number of rotatable bonds is 10. The largest absolute Gasteiger partial charge is 0.465 e. The van der Waals surface area contributed by atoms with Gasteiger partial charge in [-0.1, -0.05) is 6.07 Å². The molecule has 5 aromatic rings. The fraction of sp³-hybridized carbons (Fsp3) is 0.235. The van der Waals surface area contributed by atoms with Gasteiger partial charge in [-0.25, -0.2) is 27.9 Å². The van der Waals surface area contributed by atoms with Crippen LogP contribution in [0.1, 0.15) is 52.1 Å². The van der Waals surface area contributed by atoms with Crippen LogP contribution in [0.5, 0.6) is 6.01 Å². The number of carbonyl (C=O) groups is 1. The molecule has 2 aromatic heterocycles. The zero-order valence-corrected chi connectivity index (χ0v) is 24.6. The number of nitrogens with zero attached hydrogens (tertiary/aromatic N) is 6. The Morgan fingerprint density at radius 3 is 2.50 bits per heavy atom. The van der Waals surface area contributed by atoms with Crippen LogP contribution >= 0.6 is 0 Å². The SMILES string of the molecule is COC(=O)c1ccc2nc(Cc3cc(F)c(-c4ccnc(OCc5ccc(C#N)cc5F)n4)cc3F)n(CC3(CC#N)CC3)c2c1. The molecule has 0 spiro atoms. The highest BCUT2D eigenvalue weighted by molar-refractivity contribution is 5.93. The van der Waals surface area contributed by atoms with Gasteiger partial charge in [0.25, 0.3) is 0 Å². The average molecular weight is 623 g/mol. The van der Waals surface area contributed by atoms with E-state index in [1.165, 1.54) is 31.5 Å². The quantitative estimate of drug-likeness (QED) is 0.163. The standard InChI is InChI=1S/C34H25F3N6O3/c1-45-32(44)21-4-5-29-30(14-21)43(19-34(7-8-34)9-10-38)31(41-29)15-23-13-27(37)24(16-26(23)36)28-6-11-40-33(42-28)46-18-22-3-2-20(17-39)12-25(22)35/h2-6,11-14,16H,7-9,15,18-19H2,1H3. The Hall–Kier alpha value is -5.75. The molecule has 1 fully saturated rings. The number of hydrogen-bond acceptors (Lipinski definition) is 8. The second-order valence-corrected chi connectivity index (χ2v) is 11.2. The number of methoxy groups -OCH3 is 1. The first-order valence-electron chi connectivity index (χ1n) is 14.3. The number of ether oxygens (including phenoxy) is 2. The summed E-state index contributed by atoms with van der Waals surface area (Å²) in [6, 6.07) is 16.3. The Kier molecular flexibility index (Phi) is 8.12. The maximum atomic E-state index is 15.6. The zero-order chi connectivity index (χ0) is 32.4. The first-order chi connectivity index (χ1) is 22.2. The fourth-order valence-corrected chi connectivity index (χ4v) is 5.33. The van der Waals surface area contributed by atoms with Crippen molar-refractivity contribution in [3.8, 4) is 29.4 Å². The summed E-state index contributed by atoms with van der Waals surface area (Å²) in [6.45, 7) is 0.198. The highest BCUT2D eigenvalue weighted by Gasteiger charge is 2.43. The van der Waals surface area contributed by atoms with E-state index in [-0.39, 0.29) is 52.4 Å². The maximum Gasteiger partial charge on any atom is 0.337 e. The van der Waals surface area contributed by atoms with Gasteiger partial charge in [-0.2, -0.15) is 15.5 Å². The van der Waals surface area contributed by atoms with E-state index in [0.29, 0.717) is 35.4 Å². The van der Waals surface area contributed by atoms with Crippen molar-refractivity contribution < 1.29 is 27.4 Å². The number of halogens is 3. The van der Waals surface area contributed by atoms with Gasteiger partial charge in [0.05, 0.1) is 47.1 Å². The van der Waals surface area contributed by atoms with Crippen LogP contribution in [0.3, 0.4) is 0 Å². The Morgan fingerprint density at radius 2 is 1.78 bits per heavy atom. The molecule has 0 atom stereocenters. The number of esters is 1. The van der Waals surface area contributed by atoms with Crippen LogP contribution in [0.2, 0.25) is 0 Å². The van der Waals surface area contributed by atoms with Gasteiger partial charge < -0.3 is 14.0 Å². The summed E-state index contributed by atoms with van der Waals surface area (Å²) in [6.07, 6.45) is 3.30. The number of imidazole rings is 1. The molecular weight excluding hydrogens is 597 g/mol. The molecule has 12 heteroatoms. The van der Waals surface area contributed by atoms with Crippen molar-refractivity contribution in [3.63, 3.8) is 0 Å². The van der Waals surface area contributed by atoms with E-state index < -0.39 is 23.4 Å². The summed E-state index contributed by atoms with van der Waals surface area (Å²) in [7, 11) is 1.29. The molecule has 0 unspecified atom stereocenters. The third kappa shape index (κ3) is 6.10. The summed E-state index contributed by atoms with van der Waals surface area (Å²) >= 11 is 0. The monoisotopic (exact) mass is 622 g/mol. The molecule has 0 amide bonds. The molecule has 1 aliphatic rings. The van der Waals surface area contributed by atoms with Gasteiger partial charge in [-0.05, 0) is 66.9 Å². The van der Waals surface area contributed by atoms with Crippen molar-refractivity contribution in [2.75, 3.05) is 7.11 Å². The van der Waals surface area contributed by atoms with E-state index in [0.717, 1.165) is 31.0 Å². The first-order valence-corrected chi connectivity index (χ1v) is 14.3. The average Bonchev–Trinajstić information content (AvgIpc) is 3.74. The van der Waals surface area contributed by atoms with Gasteiger partial charge >= 0.3 is 12.0 Å². The lowest BCUT2D eigenvalue weighted by molar-refractivity contribution is 0.0601. The third-order valence-corrected chi connectivity index (χ3v) is 8.09. The Labute approximate surface area is 261 Å². The highest BCUT2D eigenvalue weighted by Crippen LogP contribution is 2.50. The minimum atomic E-state index is -0.738. The third-order valence-electron chi connectivity index (χ3n) is 8.09. The normalized spacial score (nSPS) is 13.2. The molecule has 0 bridgehead atoms. The molecule has 0 N–H and O–H groups in total. The number of benzene rings is 3. The predicted octanol–water partition coefficient (Wildman–Crippen LogP) is 6.43. The Morgan fingerprint density at radius 1 is 0.978 bits per heavy atom. The van der Waals surface area contributed by atoms with E-state index in [1.54, 1.807) is 18.2 Å². The molecule has 46 heavy (non-hydrogen) atoms. The van der Waals surface area contributed by atoms with Crippen LogP contribution in [0.15, 0.2) is 60.8 Å². The molecule has 1 aliphatic carbocycles. The molecule has 0 radical (unpaired) electrons. The molecule has 1 saturated carbocycles. The molecule has 6 rings (SSSR count). The summed E-state index contributed by atoms with van der Waals surface area (Å²) in [4.78, 5) is 25.1. The van der Waals surface area contributed by atoms with Crippen LogP contribution in [-0.4, -0.2) is 32.6 Å². The topological polar surface area (TPSA) is 127 Å².